The largest absolute Gasteiger partial charge is 0.493 e. The number of nitro benzene ring substituents is 1. The number of aromatic nitrogens is 1. The summed E-state index contributed by atoms with van der Waals surface area (Å²) in [7, 11) is 0.365. The Bertz CT molecular complexity index is 1370. The second-order valence-electron chi connectivity index (χ2n) is 8.39. The van der Waals surface area contributed by atoms with Crippen LogP contribution in [0.1, 0.15) is 12.0 Å². The third-order valence-electron chi connectivity index (χ3n) is 6.21. The van der Waals surface area contributed by atoms with Gasteiger partial charge in [-0.05, 0) is 48.9 Å². The fourth-order valence-electron chi connectivity index (χ4n) is 4.39. The molecule has 0 aliphatic carbocycles. The maximum atomic E-state index is 13.8. The van der Waals surface area contributed by atoms with Gasteiger partial charge in [0.05, 0.1) is 31.9 Å². The highest BCUT2D eigenvalue weighted by Gasteiger charge is 2.37. The highest BCUT2D eigenvalue weighted by molar-refractivity contribution is 7.89. The third-order valence-corrected chi connectivity index (χ3v) is 8.16. The van der Waals surface area contributed by atoms with Crippen LogP contribution in [0.4, 0.5) is 5.69 Å². The van der Waals surface area contributed by atoms with Crippen LogP contribution in [0.3, 0.4) is 0 Å². The molecule has 1 saturated heterocycles. The molecule has 0 radical (unpaired) electrons. The number of rotatable bonds is 10. The second kappa shape index (κ2) is 11.1. The molecule has 1 atom stereocenters. The monoisotopic (exact) mass is 528 g/mol. The van der Waals surface area contributed by atoms with Crippen LogP contribution >= 0.6 is 0 Å². The molecule has 1 aliphatic rings. The van der Waals surface area contributed by atoms with E-state index in [4.69, 9.17) is 14.2 Å². The standard InChI is InChI=1S/C25H28N4O7S/c1-34-22-13-18(14-23(35-2)25(22)36-3)20-12-17(8-11-27-20)16-28(19-9-10-26-15-19)37(32,33)24-7-5-4-6-21(24)29(30)31/h4-8,11-14,19,26H,9-10,15-16H2,1-3H3. The van der Waals surface area contributed by atoms with E-state index in [0.717, 1.165) is 0 Å². The minimum atomic E-state index is -4.19. The van der Waals surface area contributed by atoms with Crippen molar-refractivity contribution >= 4 is 15.7 Å². The van der Waals surface area contributed by atoms with E-state index in [1.54, 1.807) is 30.5 Å². The van der Waals surface area contributed by atoms with E-state index in [9.17, 15) is 18.5 Å². The molecule has 1 unspecified atom stereocenters. The third kappa shape index (κ3) is 5.36. The highest BCUT2D eigenvalue weighted by atomic mass is 32.2. The van der Waals surface area contributed by atoms with Gasteiger partial charge in [-0.3, -0.25) is 15.1 Å². The number of ether oxygens (including phenoxy) is 3. The summed E-state index contributed by atoms with van der Waals surface area (Å²) in [6.07, 6.45) is 2.18. The van der Waals surface area contributed by atoms with E-state index in [1.807, 2.05) is 0 Å². The lowest BCUT2D eigenvalue weighted by Crippen LogP contribution is -2.41. The Morgan fingerprint density at radius 1 is 1.08 bits per heavy atom. The molecule has 3 aromatic rings. The van der Waals surface area contributed by atoms with E-state index in [2.05, 4.69) is 10.3 Å². The van der Waals surface area contributed by atoms with Crippen molar-refractivity contribution in [3.05, 3.63) is 70.4 Å². The summed E-state index contributed by atoms with van der Waals surface area (Å²) < 4.78 is 45.2. The van der Waals surface area contributed by atoms with Crippen molar-refractivity contribution in [3.8, 4) is 28.5 Å². The molecule has 2 aromatic carbocycles. The molecule has 1 aliphatic heterocycles. The van der Waals surface area contributed by atoms with Crippen molar-refractivity contribution in [1.82, 2.24) is 14.6 Å². The molecule has 37 heavy (non-hydrogen) atoms. The Labute approximate surface area is 215 Å². The molecule has 1 N–H and O–H groups in total. The quantitative estimate of drug-likeness (QED) is 0.311. The van der Waals surface area contributed by atoms with Gasteiger partial charge in [0.1, 0.15) is 0 Å². The first-order chi connectivity index (χ1) is 17.8. The molecular formula is C25H28N4O7S. The molecule has 0 bridgehead atoms. The van der Waals surface area contributed by atoms with E-state index < -0.39 is 20.6 Å². The Morgan fingerprint density at radius 3 is 2.38 bits per heavy atom. The summed E-state index contributed by atoms with van der Waals surface area (Å²) in [6, 6.07) is 12.1. The lowest BCUT2D eigenvalue weighted by Gasteiger charge is -2.27. The zero-order valence-corrected chi connectivity index (χ0v) is 21.5. The lowest BCUT2D eigenvalue weighted by molar-refractivity contribution is -0.387. The van der Waals surface area contributed by atoms with Crippen molar-refractivity contribution in [2.75, 3.05) is 34.4 Å². The number of sulfonamides is 1. The average molecular weight is 529 g/mol. The predicted octanol–water partition coefficient (Wildman–Crippen LogP) is 3.24. The van der Waals surface area contributed by atoms with Crippen LogP contribution in [0.15, 0.2) is 59.6 Å². The van der Waals surface area contributed by atoms with Crippen LogP contribution in [0, 0.1) is 10.1 Å². The lowest BCUT2D eigenvalue weighted by atomic mass is 10.1. The van der Waals surface area contributed by atoms with Crippen molar-refractivity contribution in [3.63, 3.8) is 0 Å². The maximum Gasteiger partial charge on any atom is 0.289 e. The first-order valence-corrected chi connectivity index (χ1v) is 13.0. The van der Waals surface area contributed by atoms with Crippen LogP contribution in [-0.4, -0.2) is 63.1 Å². The Hall–Kier alpha value is -3.74. The molecular weight excluding hydrogens is 500 g/mol. The Balaban J connectivity index is 1.74. The number of hydrogen-bond donors (Lipinski definition) is 1. The summed E-state index contributed by atoms with van der Waals surface area (Å²) in [5, 5.41) is 14.8. The van der Waals surface area contributed by atoms with Crippen LogP contribution in [0.25, 0.3) is 11.3 Å². The van der Waals surface area contributed by atoms with E-state index in [0.29, 0.717) is 53.6 Å². The molecule has 11 nitrogen and oxygen atoms in total. The summed E-state index contributed by atoms with van der Waals surface area (Å²) in [5.41, 5.74) is 1.48. The topological polar surface area (TPSA) is 133 Å². The number of benzene rings is 2. The van der Waals surface area contributed by atoms with Gasteiger partial charge in [-0.2, -0.15) is 4.31 Å². The average Bonchev–Trinajstić information content (AvgIpc) is 3.45. The van der Waals surface area contributed by atoms with Gasteiger partial charge in [-0.15, -0.1) is 0 Å². The van der Waals surface area contributed by atoms with Gasteiger partial charge in [-0.25, -0.2) is 8.42 Å². The zero-order valence-electron chi connectivity index (χ0n) is 20.7. The molecule has 0 amide bonds. The zero-order chi connectivity index (χ0) is 26.6. The smallest absolute Gasteiger partial charge is 0.289 e. The minimum absolute atomic E-state index is 0.0146. The number of hydrogen-bond acceptors (Lipinski definition) is 9. The molecule has 2 heterocycles. The summed E-state index contributed by atoms with van der Waals surface area (Å²) in [6.45, 7) is 1.12. The fraction of sp³-hybridized carbons (Fsp3) is 0.320. The highest BCUT2D eigenvalue weighted by Crippen LogP contribution is 2.41. The normalized spacial score (nSPS) is 15.5. The summed E-state index contributed by atoms with van der Waals surface area (Å²) in [5.74, 6) is 1.36. The molecule has 0 saturated carbocycles. The second-order valence-corrected chi connectivity index (χ2v) is 10.2. The minimum Gasteiger partial charge on any atom is -0.493 e. The van der Waals surface area contributed by atoms with Crippen molar-refractivity contribution in [2.24, 2.45) is 0 Å². The number of pyridine rings is 1. The number of nitrogens with one attached hydrogen (secondary N) is 1. The van der Waals surface area contributed by atoms with E-state index in [1.165, 1.54) is 49.9 Å². The predicted molar refractivity (Wildman–Crippen MR) is 136 cm³/mol. The van der Waals surface area contributed by atoms with Gasteiger partial charge in [0.2, 0.25) is 5.75 Å². The summed E-state index contributed by atoms with van der Waals surface area (Å²) in [4.78, 5) is 15.1. The van der Waals surface area contributed by atoms with Gasteiger partial charge in [-0.1, -0.05) is 12.1 Å². The molecule has 4 rings (SSSR count). The number of methoxy groups -OCH3 is 3. The Kier molecular flexibility index (Phi) is 7.91. The van der Waals surface area contributed by atoms with E-state index >= 15 is 0 Å². The first kappa shape index (κ1) is 26.3. The van der Waals surface area contributed by atoms with Crippen molar-refractivity contribution < 1.29 is 27.6 Å². The molecule has 0 spiro atoms. The SMILES string of the molecule is COc1cc(-c2cc(CN(C3CCNC3)S(=O)(=O)c3ccccc3[N+](=O)[O-])ccn2)cc(OC)c1OC. The number of nitro groups is 1. The van der Waals surface area contributed by atoms with Crippen LogP contribution in [-0.2, 0) is 16.6 Å². The van der Waals surface area contributed by atoms with Gasteiger partial charge in [0, 0.05) is 37.0 Å². The molecule has 12 heteroatoms. The molecule has 1 aromatic heterocycles. The molecule has 1 fully saturated rings. The van der Waals surface area contributed by atoms with Crippen LogP contribution < -0.4 is 19.5 Å². The van der Waals surface area contributed by atoms with E-state index in [-0.39, 0.29) is 17.5 Å². The first-order valence-electron chi connectivity index (χ1n) is 11.5. The summed E-state index contributed by atoms with van der Waals surface area (Å²) >= 11 is 0. The van der Waals surface area contributed by atoms with Gasteiger partial charge in [0.15, 0.2) is 16.4 Å². The van der Waals surface area contributed by atoms with Crippen molar-refractivity contribution in [2.45, 2.75) is 23.9 Å². The molecule has 196 valence electrons. The van der Waals surface area contributed by atoms with Crippen LogP contribution in [0.5, 0.6) is 17.2 Å². The van der Waals surface area contributed by atoms with Gasteiger partial charge >= 0.3 is 0 Å². The number of para-hydroxylation sites is 1. The maximum absolute atomic E-state index is 13.8. The van der Waals surface area contributed by atoms with Gasteiger partial charge < -0.3 is 19.5 Å². The Morgan fingerprint density at radius 2 is 1.78 bits per heavy atom. The number of nitrogens with zero attached hydrogens (tertiary/aromatic N) is 3. The van der Waals surface area contributed by atoms with Crippen molar-refractivity contribution in [1.29, 1.82) is 0 Å². The van der Waals surface area contributed by atoms with Gasteiger partial charge in [0.25, 0.3) is 15.7 Å². The van der Waals surface area contributed by atoms with Crippen LogP contribution in [0.2, 0.25) is 0 Å². The fourth-order valence-corrected chi connectivity index (χ4v) is 6.19.